The summed E-state index contributed by atoms with van der Waals surface area (Å²) in [4.78, 5) is 0. The zero-order chi connectivity index (χ0) is 11.4. The second-order valence-corrected chi connectivity index (χ2v) is 4.78. The Morgan fingerprint density at radius 2 is 1.60 bits per heavy atom. The first-order valence-corrected chi connectivity index (χ1v) is 5.84. The van der Waals surface area contributed by atoms with Gasteiger partial charge in [-0.05, 0) is 37.8 Å². The number of aryl methyl sites for hydroxylation is 1. The zero-order valence-electron chi connectivity index (χ0n) is 10.5. The van der Waals surface area contributed by atoms with E-state index in [1.165, 1.54) is 11.1 Å². The van der Waals surface area contributed by atoms with Gasteiger partial charge in [-0.3, -0.25) is 0 Å². The number of rotatable bonds is 4. The summed E-state index contributed by atoms with van der Waals surface area (Å²) in [5, 5.41) is 3.64. The van der Waals surface area contributed by atoms with Gasteiger partial charge in [-0.15, -0.1) is 0 Å². The van der Waals surface area contributed by atoms with Gasteiger partial charge in [-0.25, -0.2) is 0 Å². The van der Waals surface area contributed by atoms with Gasteiger partial charge in [0, 0.05) is 12.1 Å². The normalized spacial score (nSPS) is 15.3. The minimum Gasteiger partial charge on any atom is -0.307 e. The van der Waals surface area contributed by atoms with Gasteiger partial charge in [-0.1, -0.05) is 38.1 Å². The second-order valence-electron chi connectivity index (χ2n) is 4.78. The molecule has 0 aliphatic carbocycles. The minimum atomic E-state index is 0.434. The van der Waals surface area contributed by atoms with Crippen molar-refractivity contribution in [2.75, 3.05) is 0 Å². The number of hydrogen-bond acceptors (Lipinski definition) is 1. The van der Waals surface area contributed by atoms with Crippen LogP contribution in [-0.4, -0.2) is 6.04 Å². The summed E-state index contributed by atoms with van der Waals surface area (Å²) in [7, 11) is 0. The Morgan fingerprint density at radius 3 is 2.13 bits per heavy atom. The Labute approximate surface area is 93.9 Å². The van der Waals surface area contributed by atoms with Crippen molar-refractivity contribution in [1.29, 1.82) is 0 Å². The molecule has 0 amide bonds. The molecule has 1 N–H and O–H groups in total. The minimum absolute atomic E-state index is 0.434. The molecule has 1 rings (SSSR count). The fourth-order valence-corrected chi connectivity index (χ4v) is 1.75. The Kier molecular flexibility index (Phi) is 4.34. The molecule has 1 aromatic rings. The summed E-state index contributed by atoms with van der Waals surface area (Å²) < 4.78 is 0. The molecule has 0 heterocycles. The standard InChI is InChI=1S/C14H23N/c1-10(2)12(4)15-13(5)14-9-7-6-8-11(14)3/h6-10,12-13,15H,1-5H3/t12-,13+/m0/s1. The lowest BCUT2D eigenvalue weighted by molar-refractivity contribution is 0.388. The van der Waals surface area contributed by atoms with E-state index in [0.29, 0.717) is 18.0 Å². The summed E-state index contributed by atoms with van der Waals surface area (Å²) in [5.74, 6) is 0.677. The van der Waals surface area contributed by atoms with Crippen LogP contribution in [0.3, 0.4) is 0 Å². The highest BCUT2D eigenvalue weighted by Crippen LogP contribution is 2.18. The molecule has 0 saturated carbocycles. The second kappa shape index (κ2) is 5.32. The lowest BCUT2D eigenvalue weighted by Gasteiger charge is -2.24. The molecule has 0 bridgehead atoms. The summed E-state index contributed by atoms with van der Waals surface area (Å²) in [6.07, 6.45) is 0. The van der Waals surface area contributed by atoms with Crippen molar-refractivity contribution in [3.63, 3.8) is 0 Å². The first-order chi connectivity index (χ1) is 7.02. The fraction of sp³-hybridized carbons (Fsp3) is 0.571. The lowest BCUT2D eigenvalue weighted by Crippen LogP contribution is -2.33. The molecule has 0 aromatic heterocycles. The van der Waals surface area contributed by atoms with Crippen LogP contribution < -0.4 is 5.32 Å². The highest BCUT2D eigenvalue weighted by atomic mass is 14.9. The molecule has 0 radical (unpaired) electrons. The number of hydrogen-bond donors (Lipinski definition) is 1. The molecule has 2 atom stereocenters. The van der Waals surface area contributed by atoms with Crippen LogP contribution in [0.15, 0.2) is 24.3 Å². The van der Waals surface area contributed by atoms with Crippen LogP contribution in [0.2, 0.25) is 0 Å². The van der Waals surface area contributed by atoms with E-state index in [1.54, 1.807) is 0 Å². The molecule has 0 aliphatic rings. The van der Waals surface area contributed by atoms with Crippen molar-refractivity contribution in [3.05, 3.63) is 35.4 Å². The monoisotopic (exact) mass is 205 g/mol. The average molecular weight is 205 g/mol. The van der Waals surface area contributed by atoms with Crippen LogP contribution >= 0.6 is 0 Å². The molecule has 1 aromatic carbocycles. The number of nitrogens with one attached hydrogen (secondary N) is 1. The predicted molar refractivity (Wildman–Crippen MR) is 67.0 cm³/mol. The van der Waals surface area contributed by atoms with Crippen molar-refractivity contribution in [3.8, 4) is 0 Å². The first kappa shape index (κ1) is 12.3. The summed E-state index contributed by atoms with van der Waals surface area (Å²) in [6.45, 7) is 11.2. The maximum Gasteiger partial charge on any atom is 0.0296 e. The van der Waals surface area contributed by atoms with Crippen LogP contribution in [0.1, 0.15) is 44.9 Å². The fourth-order valence-electron chi connectivity index (χ4n) is 1.75. The van der Waals surface area contributed by atoms with Gasteiger partial charge in [-0.2, -0.15) is 0 Å². The van der Waals surface area contributed by atoms with Crippen LogP contribution in [0, 0.1) is 12.8 Å². The van der Waals surface area contributed by atoms with Gasteiger partial charge in [0.25, 0.3) is 0 Å². The van der Waals surface area contributed by atoms with Gasteiger partial charge < -0.3 is 5.32 Å². The Morgan fingerprint density at radius 1 is 1.00 bits per heavy atom. The van der Waals surface area contributed by atoms with Crippen molar-refractivity contribution in [1.82, 2.24) is 5.32 Å². The third-order valence-electron chi connectivity index (χ3n) is 3.17. The van der Waals surface area contributed by atoms with Gasteiger partial charge in [0.1, 0.15) is 0 Å². The highest BCUT2D eigenvalue weighted by Gasteiger charge is 2.12. The van der Waals surface area contributed by atoms with Crippen molar-refractivity contribution in [2.45, 2.75) is 46.7 Å². The molecule has 0 unspecified atom stereocenters. The molecule has 15 heavy (non-hydrogen) atoms. The van der Waals surface area contributed by atoms with Crippen molar-refractivity contribution >= 4 is 0 Å². The molecule has 0 spiro atoms. The maximum atomic E-state index is 3.64. The van der Waals surface area contributed by atoms with Crippen molar-refractivity contribution in [2.24, 2.45) is 5.92 Å². The van der Waals surface area contributed by atoms with Gasteiger partial charge in [0.2, 0.25) is 0 Å². The Hall–Kier alpha value is -0.820. The SMILES string of the molecule is Cc1ccccc1[C@@H](C)N[C@@H](C)C(C)C. The smallest absolute Gasteiger partial charge is 0.0296 e. The van der Waals surface area contributed by atoms with E-state index in [1.807, 2.05) is 0 Å². The third-order valence-corrected chi connectivity index (χ3v) is 3.17. The van der Waals surface area contributed by atoms with E-state index in [0.717, 1.165) is 0 Å². The maximum absolute atomic E-state index is 3.64. The third kappa shape index (κ3) is 3.35. The van der Waals surface area contributed by atoms with E-state index < -0.39 is 0 Å². The van der Waals surface area contributed by atoms with Crippen LogP contribution in [0.5, 0.6) is 0 Å². The van der Waals surface area contributed by atoms with E-state index in [2.05, 4.69) is 64.2 Å². The van der Waals surface area contributed by atoms with Crippen LogP contribution in [0.25, 0.3) is 0 Å². The Balaban J connectivity index is 2.69. The predicted octanol–water partition coefficient (Wildman–Crippen LogP) is 3.69. The largest absolute Gasteiger partial charge is 0.307 e. The lowest BCUT2D eigenvalue weighted by atomic mass is 9.99. The van der Waals surface area contributed by atoms with E-state index in [9.17, 15) is 0 Å². The summed E-state index contributed by atoms with van der Waals surface area (Å²) in [6, 6.07) is 9.58. The van der Waals surface area contributed by atoms with Crippen molar-refractivity contribution < 1.29 is 0 Å². The van der Waals surface area contributed by atoms with Gasteiger partial charge in [0.15, 0.2) is 0 Å². The molecular formula is C14H23N. The Bertz CT molecular complexity index is 304. The van der Waals surface area contributed by atoms with E-state index in [-0.39, 0.29) is 0 Å². The van der Waals surface area contributed by atoms with E-state index >= 15 is 0 Å². The van der Waals surface area contributed by atoms with Gasteiger partial charge in [0.05, 0.1) is 0 Å². The topological polar surface area (TPSA) is 12.0 Å². The average Bonchev–Trinajstić information content (AvgIpc) is 2.18. The summed E-state index contributed by atoms with van der Waals surface area (Å²) >= 11 is 0. The summed E-state index contributed by atoms with van der Waals surface area (Å²) in [5.41, 5.74) is 2.78. The quantitative estimate of drug-likeness (QED) is 0.790. The molecule has 0 saturated heterocycles. The molecule has 1 nitrogen and oxygen atoms in total. The van der Waals surface area contributed by atoms with Crippen LogP contribution in [0.4, 0.5) is 0 Å². The van der Waals surface area contributed by atoms with Gasteiger partial charge >= 0.3 is 0 Å². The molecule has 1 heteroatoms. The molecule has 0 fully saturated rings. The highest BCUT2D eigenvalue weighted by molar-refractivity contribution is 5.28. The zero-order valence-corrected chi connectivity index (χ0v) is 10.5. The molecule has 84 valence electrons. The van der Waals surface area contributed by atoms with Crippen LogP contribution in [-0.2, 0) is 0 Å². The van der Waals surface area contributed by atoms with E-state index in [4.69, 9.17) is 0 Å². The number of benzene rings is 1. The molecular weight excluding hydrogens is 182 g/mol. The first-order valence-electron chi connectivity index (χ1n) is 5.84. The molecule has 0 aliphatic heterocycles.